The molecule has 1 atom stereocenters. The molecule has 0 radical (unpaired) electrons. The number of aliphatic hydroxyl groups is 1. The number of benzene rings is 1. The maximum atomic E-state index is 9.49. The van der Waals surface area contributed by atoms with Crippen molar-refractivity contribution in [2.45, 2.75) is 25.6 Å². The van der Waals surface area contributed by atoms with Gasteiger partial charge in [-0.15, -0.1) is 6.58 Å². The maximum absolute atomic E-state index is 9.49. The van der Waals surface area contributed by atoms with Crippen molar-refractivity contribution in [1.82, 2.24) is 0 Å². The van der Waals surface area contributed by atoms with Crippen LogP contribution in [0, 0.1) is 0 Å². The summed E-state index contributed by atoms with van der Waals surface area (Å²) in [4.78, 5) is 0. The van der Waals surface area contributed by atoms with Crippen LogP contribution in [0.5, 0.6) is 0 Å². The van der Waals surface area contributed by atoms with Crippen LogP contribution in [0.15, 0.2) is 43.0 Å². The number of hydrogen-bond acceptors (Lipinski definition) is 2. The molecule has 1 N–H and O–H groups in total. The third kappa shape index (κ3) is 5.35. The lowest BCUT2D eigenvalue weighted by molar-refractivity contribution is 0.0251. The maximum Gasteiger partial charge on any atom is 0.0776 e. The summed E-state index contributed by atoms with van der Waals surface area (Å²) < 4.78 is 5.39. The van der Waals surface area contributed by atoms with Gasteiger partial charge in [-0.1, -0.05) is 36.4 Å². The molecule has 1 aromatic carbocycles. The van der Waals surface area contributed by atoms with Gasteiger partial charge in [-0.25, -0.2) is 0 Å². The van der Waals surface area contributed by atoms with Crippen LogP contribution in [0.2, 0.25) is 0 Å². The molecule has 0 aliphatic heterocycles. The molecule has 0 spiro atoms. The second-order valence-electron chi connectivity index (χ2n) is 3.52. The first kappa shape index (κ1) is 12.0. The van der Waals surface area contributed by atoms with Crippen molar-refractivity contribution in [3.63, 3.8) is 0 Å². The molecule has 0 aliphatic carbocycles. The summed E-state index contributed by atoms with van der Waals surface area (Å²) in [5.74, 6) is 0. The monoisotopic (exact) mass is 206 g/mol. The summed E-state index contributed by atoms with van der Waals surface area (Å²) in [5, 5.41) is 9.49. The molecule has 1 rings (SSSR count). The smallest absolute Gasteiger partial charge is 0.0776 e. The summed E-state index contributed by atoms with van der Waals surface area (Å²) in [6, 6.07) is 9.95. The molecule has 0 aliphatic rings. The predicted octanol–water partition coefficient (Wildman–Crippen LogP) is 2.53. The lowest BCUT2D eigenvalue weighted by atomic mass is 10.2. The zero-order chi connectivity index (χ0) is 10.9. The molecule has 0 amide bonds. The lowest BCUT2D eigenvalue weighted by Gasteiger charge is -2.09. The second kappa shape index (κ2) is 7.21. The fraction of sp³-hybridized carbons (Fsp3) is 0.385. The van der Waals surface area contributed by atoms with Crippen molar-refractivity contribution < 1.29 is 9.84 Å². The highest BCUT2D eigenvalue weighted by Crippen LogP contribution is 2.03. The van der Waals surface area contributed by atoms with Crippen LogP contribution in [-0.4, -0.2) is 17.8 Å². The van der Waals surface area contributed by atoms with Gasteiger partial charge < -0.3 is 9.84 Å². The Morgan fingerprint density at radius 1 is 1.33 bits per heavy atom. The number of allylic oxidation sites excluding steroid dienone is 1. The quantitative estimate of drug-likeness (QED) is 0.695. The van der Waals surface area contributed by atoms with E-state index in [9.17, 15) is 5.11 Å². The summed E-state index contributed by atoms with van der Waals surface area (Å²) >= 11 is 0. The average Bonchev–Trinajstić information content (AvgIpc) is 2.28. The molecule has 0 fully saturated rings. The van der Waals surface area contributed by atoms with E-state index in [1.807, 2.05) is 30.3 Å². The normalized spacial score (nSPS) is 12.3. The van der Waals surface area contributed by atoms with E-state index in [0.29, 0.717) is 13.2 Å². The van der Waals surface area contributed by atoms with Gasteiger partial charge in [-0.05, 0) is 18.4 Å². The number of ether oxygens (including phenoxy) is 1. The molecule has 15 heavy (non-hydrogen) atoms. The Bertz CT molecular complexity index is 269. The van der Waals surface area contributed by atoms with Crippen LogP contribution >= 0.6 is 0 Å². The molecule has 1 aromatic rings. The number of aliphatic hydroxyl groups excluding tert-OH is 1. The Balaban J connectivity index is 2.13. The Labute approximate surface area is 91.2 Å². The van der Waals surface area contributed by atoms with Crippen LogP contribution in [0.4, 0.5) is 0 Å². The van der Waals surface area contributed by atoms with Gasteiger partial charge in [0, 0.05) is 0 Å². The van der Waals surface area contributed by atoms with Gasteiger partial charge in [-0.2, -0.15) is 0 Å². The van der Waals surface area contributed by atoms with E-state index in [4.69, 9.17) is 4.74 Å². The van der Waals surface area contributed by atoms with E-state index in [1.54, 1.807) is 6.08 Å². The van der Waals surface area contributed by atoms with Gasteiger partial charge >= 0.3 is 0 Å². The third-order valence-electron chi connectivity index (χ3n) is 2.13. The molecule has 0 saturated carbocycles. The topological polar surface area (TPSA) is 29.5 Å². The summed E-state index contributed by atoms with van der Waals surface area (Å²) in [5.41, 5.74) is 1.13. The standard InChI is InChI=1S/C13H18O2/c1-2-3-9-13(14)11-15-10-12-7-5-4-6-8-12/h2,4-8,13-14H,1,3,9-11H2/t13-/m0/s1. The van der Waals surface area contributed by atoms with Crippen LogP contribution in [0.1, 0.15) is 18.4 Å². The van der Waals surface area contributed by atoms with Gasteiger partial charge in [-0.3, -0.25) is 0 Å². The molecule has 0 aromatic heterocycles. The Kier molecular flexibility index (Phi) is 5.74. The largest absolute Gasteiger partial charge is 0.391 e. The van der Waals surface area contributed by atoms with Crippen LogP contribution < -0.4 is 0 Å². The van der Waals surface area contributed by atoms with Gasteiger partial charge in [0.15, 0.2) is 0 Å². The summed E-state index contributed by atoms with van der Waals surface area (Å²) in [6.45, 7) is 4.56. The second-order valence-corrected chi connectivity index (χ2v) is 3.52. The third-order valence-corrected chi connectivity index (χ3v) is 2.13. The van der Waals surface area contributed by atoms with E-state index < -0.39 is 0 Å². The Morgan fingerprint density at radius 3 is 2.73 bits per heavy atom. The molecule has 2 nitrogen and oxygen atoms in total. The summed E-state index contributed by atoms with van der Waals surface area (Å²) in [6.07, 6.45) is 2.97. The summed E-state index contributed by atoms with van der Waals surface area (Å²) in [7, 11) is 0. The number of rotatable bonds is 7. The first-order valence-electron chi connectivity index (χ1n) is 5.23. The van der Waals surface area contributed by atoms with Crippen molar-refractivity contribution in [2.75, 3.05) is 6.61 Å². The molecule has 0 bridgehead atoms. The molecular formula is C13H18O2. The molecular weight excluding hydrogens is 188 g/mol. The average molecular weight is 206 g/mol. The van der Waals surface area contributed by atoms with Crippen LogP contribution in [-0.2, 0) is 11.3 Å². The van der Waals surface area contributed by atoms with Crippen LogP contribution in [0.3, 0.4) is 0 Å². The van der Waals surface area contributed by atoms with Gasteiger partial charge in [0.05, 0.1) is 19.3 Å². The first-order valence-corrected chi connectivity index (χ1v) is 5.23. The molecule has 82 valence electrons. The van der Waals surface area contributed by atoms with Gasteiger partial charge in [0.25, 0.3) is 0 Å². The zero-order valence-corrected chi connectivity index (χ0v) is 8.93. The van der Waals surface area contributed by atoms with E-state index >= 15 is 0 Å². The van der Waals surface area contributed by atoms with E-state index in [-0.39, 0.29) is 6.10 Å². The van der Waals surface area contributed by atoms with E-state index in [2.05, 4.69) is 6.58 Å². The molecule has 2 heteroatoms. The van der Waals surface area contributed by atoms with E-state index in [0.717, 1.165) is 18.4 Å². The Morgan fingerprint density at radius 2 is 2.07 bits per heavy atom. The molecule has 0 heterocycles. The SMILES string of the molecule is C=CCC[C@H](O)COCc1ccccc1. The number of hydrogen-bond donors (Lipinski definition) is 1. The first-order chi connectivity index (χ1) is 7.33. The highest BCUT2D eigenvalue weighted by atomic mass is 16.5. The van der Waals surface area contributed by atoms with Crippen molar-refractivity contribution in [1.29, 1.82) is 0 Å². The van der Waals surface area contributed by atoms with E-state index in [1.165, 1.54) is 0 Å². The minimum atomic E-state index is -0.383. The van der Waals surface area contributed by atoms with Crippen molar-refractivity contribution in [3.05, 3.63) is 48.6 Å². The Hall–Kier alpha value is -1.12. The predicted molar refractivity (Wildman–Crippen MR) is 61.5 cm³/mol. The molecule has 0 unspecified atom stereocenters. The van der Waals surface area contributed by atoms with Crippen molar-refractivity contribution in [2.24, 2.45) is 0 Å². The lowest BCUT2D eigenvalue weighted by Crippen LogP contribution is -2.14. The minimum Gasteiger partial charge on any atom is -0.391 e. The minimum absolute atomic E-state index is 0.383. The zero-order valence-electron chi connectivity index (χ0n) is 8.93. The van der Waals surface area contributed by atoms with Crippen molar-refractivity contribution in [3.8, 4) is 0 Å². The van der Waals surface area contributed by atoms with Gasteiger partial charge in [0.2, 0.25) is 0 Å². The fourth-order valence-electron chi connectivity index (χ4n) is 1.28. The fourth-order valence-corrected chi connectivity index (χ4v) is 1.28. The van der Waals surface area contributed by atoms with Crippen molar-refractivity contribution >= 4 is 0 Å². The van der Waals surface area contributed by atoms with Gasteiger partial charge in [0.1, 0.15) is 0 Å². The highest BCUT2D eigenvalue weighted by Gasteiger charge is 2.02. The van der Waals surface area contributed by atoms with Crippen LogP contribution in [0.25, 0.3) is 0 Å². The molecule has 0 saturated heterocycles. The highest BCUT2D eigenvalue weighted by molar-refractivity contribution is 5.13.